The lowest BCUT2D eigenvalue weighted by Crippen LogP contribution is -2.38. The molecule has 0 aliphatic heterocycles. The Morgan fingerprint density at radius 3 is 2.88 bits per heavy atom. The molecule has 2 aromatic heterocycles. The molecule has 5 nitrogen and oxygen atoms in total. The molecular formula is C18H24IN5S. The smallest absolute Gasteiger partial charge is 0.191 e. The molecule has 3 rings (SSSR count). The minimum absolute atomic E-state index is 0. The SMILES string of the molecule is CCNC(=NCc1scnc1C)NCCc1c[nH]c2ccccc12.I. The quantitative estimate of drug-likeness (QED) is 0.292. The molecule has 0 aliphatic rings. The Kier molecular flexibility index (Phi) is 7.70. The first-order valence-corrected chi connectivity index (χ1v) is 9.12. The lowest BCUT2D eigenvalue weighted by Gasteiger charge is -2.11. The highest BCUT2D eigenvalue weighted by Gasteiger charge is 2.04. The molecule has 7 heteroatoms. The van der Waals surface area contributed by atoms with Gasteiger partial charge in [-0.25, -0.2) is 9.98 Å². The van der Waals surface area contributed by atoms with Crippen molar-refractivity contribution in [2.24, 2.45) is 4.99 Å². The van der Waals surface area contributed by atoms with Crippen LogP contribution in [0.1, 0.15) is 23.1 Å². The highest BCUT2D eigenvalue weighted by atomic mass is 127. The summed E-state index contributed by atoms with van der Waals surface area (Å²) in [5.41, 5.74) is 5.46. The van der Waals surface area contributed by atoms with E-state index in [0.717, 1.165) is 31.2 Å². The maximum atomic E-state index is 4.65. The van der Waals surface area contributed by atoms with Crippen molar-refractivity contribution in [3.05, 3.63) is 52.1 Å². The fourth-order valence-electron chi connectivity index (χ4n) is 2.62. The topological polar surface area (TPSA) is 65.1 Å². The number of hydrogen-bond acceptors (Lipinski definition) is 3. The maximum absolute atomic E-state index is 4.65. The molecule has 0 spiro atoms. The molecule has 3 N–H and O–H groups in total. The van der Waals surface area contributed by atoms with Crippen molar-refractivity contribution in [3.63, 3.8) is 0 Å². The number of thiazole rings is 1. The zero-order valence-electron chi connectivity index (χ0n) is 14.5. The Morgan fingerprint density at radius 2 is 2.12 bits per heavy atom. The first kappa shape index (κ1) is 19.7. The van der Waals surface area contributed by atoms with Crippen LogP contribution < -0.4 is 10.6 Å². The second kappa shape index (κ2) is 9.76. The normalized spacial score (nSPS) is 11.4. The summed E-state index contributed by atoms with van der Waals surface area (Å²) in [6.45, 7) is 6.46. The van der Waals surface area contributed by atoms with Crippen LogP contribution in [0.4, 0.5) is 0 Å². The number of para-hydroxylation sites is 1. The lowest BCUT2D eigenvalue weighted by molar-refractivity contribution is 0.802. The van der Waals surface area contributed by atoms with Gasteiger partial charge in [-0.2, -0.15) is 0 Å². The van der Waals surface area contributed by atoms with E-state index < -0.39 is 0 Å². The number of aromatic nitrogens is 2. The number of benzene rings is 1. The summed E-state index contributed by atoms with van der Waals surface area (Å²) in [4.78, 5) is 13.5. The van der Waals surface area contributed by atoms with E-state index in [2.05, 4.69) is 63.0 Å². The van der Waals surface area contributed by atoms with Gasteiger partial charge in [0.1, 0.15) is 0 Å². The standard InChI is InChI=1S/C18H23N5S.HI/c1-3-19-18(22-11-17-13(2)23-12-24-17)20-9-8-14-10-21-16-7-5-4-6-15(14)16;/h4-7,10,12,21H,3,8-9,11H2,1-2H3,(H2,19,20,22);1H. The van der Waals surface area contributed by atoms with Gasteiger partial charge in [-0.1, -0.05) is 18.2 Å². The molecule has 0 fully saturated rings. The summed E-state index contributed by atoms with van der Waals surface area (Å²) in [6.07, 6.45) is 3.05. The van der Waals surface area contributed by atoms with E-state index >= 15 is 0 Å². The first-order valence-electron chi connectivity index (χ1n) is 8.24. The Hall–Kier alpha value is -1.61. The monoisotopic (exact) mass is 469 g/mol. The molecule has 3 aromatic rings. The molecule has 0 unspecified atom stereocenters. The second-order valence-corrected chi connectivity index (χ2v) is 6.53. The predicted molar refractivity (Wildman–Crippen MR) is 117 cm³/mol. The number of guanidine groups is 1. The van der Waals surface area contributed by atoms with Crippen molar-refractivity contribution in [1.82, 2.24) is 20.6 Å². The number of aromatic amines is 1. The van der Waals surface area contributed by atoms with Crippen LogP contribution in [0.25, 0.3) is 10.9 Å². The first-order chi connectivity index (χ1) is 11.8. The third kappa shape index (κ3) is 5.18. The van der Waals surface area contributed by atoms with Gasteiger partial charge in [0, 0.05) is 35.1 Å². The van der Waals surface area contributed by atoms with Gasteiger partial charge in [-0.05, 0) is 31.9 Å². The number of halogens is 1. The van der Waals surface area contributed by atoms with Gasteiger partial charge >= 0.3 is 0 Å². The average molecular weight is 469 g/mol. The molecule has 25 heavy (non-hydrogen) atoms. The van der Waals surface area contributed by atoms with Gasteiger partial charge in [0.2, 0.25) is 0 Å². The number of rotatable bonds is 6. The molecule has 0 amide bonds. The van der Waals surface area contributed by atoms with Crippen LogP contribution in [0.2, 0.25) is 0 Å². The van der Waals surface area contributed by atoms with Crippen LogP contribution in [0.15, 0.2) is 41.0 Å². The van der Waals surface area contributed by atoms with Crippen molar-refractivity contribution in [3.8, 4) is 0 Å². The third-order valence-corrected chi connectivity index (χ3v) is 4.85. The molecule has 0 radical (unpaired) electrons. The number of nitrogens with zero attached hydrogens (tertiary/aromatic N) is 2. The van der Waals surface area contributed by atoms with Gasteiger partial charge < -0.3 is 15.6 Å². The van der Waals surface area contributed by atoms with Gasteiger partial charge in [-0.15, -0.1) is 35.3 Å². The maximum Gasteiger partial charge on any atom is 0.191 e. The average Bonchev–Trinajstić information content (AvgIpc) is 3.19. The molecule has 0 saturated heterocycles. The summed E-state index contributed by atoms with van der Waals surface area (Å²) in [5, 5.41) is 8.00. The molecule has 0 saturated carbocycles. The van der Waals surface area contributed by atoms with Crippen molar-refractivity contribution in [2.45, 2.75) is 26.8 Å². The lowest BCUT2D eigenvalue weighted by atomic mass is 10.1. The van der Waals surface area contributed by atoms with Crippen LogP contribution in [-0.4, -0.2) is 29.0 Å². The molecule has 2 heterocycles. The van der Waals surface area contributed by atoms with E-state index in [1.165, 1.54) is 21.3 Å². The van der Waals surface area contributed by atoms with Gasteiger partial charge in [-0.3, -0.25) is 0 Å². The fraction of sp³-hybridized carbons (Fsp3) is 0.333. The summed E-state index contributed by atoms with van der Waals surface area (Å²) in [5.74, 6) is 0.852. The number of aryl methyl sites for hydroxylation is 1. The van der Waals surface area contributed by atoms with Gasteiger partial charge in [0.25, 0.3) is 0 Å². The van der Waals surface area contributed by atoms with E-state index in [1.807, 2.05) is 12.4 Å². The third-order valence-electron chi connectivity index (χ3n) is 3.93. The number of H-pyrrole nitrogens is 1. The molecular weight excluding hydrogens is 445 g/mol. The highest BCUT2D eigenvalue weighted by Crippen LogP contribution is 2.17. The van der Waals surface area contributed by atoms with E-state index in [0.29, 0.717) is 6.54 Å². The van der Waals surface area contributed by atoms with E-state index in [9.17, 15) is 0 Å². The number of hydrogen-bond donors (Lipinski definition) is 3. The Bertz CT molecular complexity index is 824. The van der Waals surface area contributed by atoms with Crippen molar-refractivity contribution >= 4 is 52.2 Å². The largest absolute Gasteiger partial charge is 0.361 e. The van der Waals surface area contributed by atoms with Gasteiger partial charge in [0.05, 0.1) is 17.7 Å². The fourth-order valence-corrected chi connectivity index (χ4v) is 3.33. The number of nitrogens with one attached hydrogen (secondary N) is 3. The molecule has 0 aliphatic carbocycles. The molecule has 0 atom stereocenters. The summed E-state index contributed by atoms with van der Waals surface area (Å²) in [7, 11) is 0. The van der Waals surface area contributed by atoms with Crippen LogP contribution in [0, 0.1) is 6.92 Å². The number of aliphatic imine (C=N–C) groups is 1. The Morgan fingerprint density at radius 1 is 1.28 bits per heavy atom. The minimum Gasteiger partial charge on any atom is -0.361 e. The Labute approximate surface area is 169 Å². The Balaban J connectivity index is 0.00000225. The molecule has 1 aromatic carbocycles. The second-order valence-electron chi connectivity index (χ2n) is 5.59. The van der Waals surface area contributed by atoms with E-state index in [4.69, 9.17) is 0 Å². The van der Waals surface area contributed by atoms with Crippen LogP contribution >= 0.6 is 35.3 Å². The predicted octanol–water partition coefficient (Wildman–Crippen LogP) is 3.85. The van der Waals surface area contributed by atoms with Crippen molar-refractivity contribution in [2.75, 3.05) is 13.1 Å². The summed E-state index contributed by atoms with van der Waals surface area (Å²) in [6, 6.07) is 8.40. The molecule has 134 valence electrons. The van der Waals surface area contributed by atoms with E-state index in [-0.39, 0.29) is 24.0 Å². The van der Waals surface area contributed by atoms with Crippen LogP contribution in [0.5, 0.6) is 0 Å². The highest BCUT2D eigenvalue weighted by molar-refractivity contribution is 14.0. The van der Waals surface area contributed by atoms with Crippen LogP contribution in [-0.2, 0) is 13.0 Å². The summed E-state index contributed by atoms with van der Waals surface area (Å²) < 4.78 is 0. The molecule has 0 bridgehead atoms. The van der Waals surface area contributed by atoms with Crippen LogP contribution in [0.3, 0.4) is 0 Å². The van der Waals surface area contributed by atoms with Gasteiger partial charge in [0.15, 0.2) is 5.96 Å². The zero-order chi connectivity index (χ0) is 16.8. The van der Waals surface area contributed by atoms with Crippen molar-refractivity contribution in [1.29, 1.82) is 0 Å². The summed E-state index contributed by atoms with van der Waals surface area (Å²) >= 11 is 1.66. The number of fused-ring (bicyclic) bond motifs is 1. The van der Waals surface area contributed by atoms with E-state index in [1.54, 1.807) is 11.3 Å². The minimum atomic E-state index is 0. The van der Waals surface area contributed by atoms with Crippen molar-refractivity contribution < 1.29 is 0 Å². The zero-order valence-corrected chi connectivity index (χ0v) is 17.7.